The maximum absolute atomic E-state index is 13.6. The van der Waals surface area contributed by atoms with Crippen molar-refractivity contribution in [2.24, 2.45) is 23.2 Å². The van der Waals surface area contributed by atoms with Crippen LogP contribution < -0.4 is 5.32 Å². The van der Waals surface area contributed by atoms with Gasteiger partial charge in [-0.15, -0.1) is 0 Å². The van der Waals surface area contributed by atoms with Gasteiger partial charge < -0.3 is 15.0 Å². The first-order valence-corrected chi connectivity index (χ1v) is 11.8. The fraction of sp³-hybridized carbons (Fsp3) is 0.870. The fourth-order valence-corrected chi connectivity index (χ4v) is 7.50. The third-order valence-electron chi connectivity index (χ3n) is 8.34. The molecule has 0 radical (unpaired) electrons. The van der Waals surface area contributed by atoms with Crippen LogP contribution in [0.2, 0.25) is 0 Å². The number of esters is 1. The second kappa shape index (κ2) is 7.59. The maximum Gasteiger partial charge on any atom is 0.329 e. The quantitative estimate of drug-likeness (QED) is 0.718. The lowest BCUT2D eigenvalue weighted by atomic mass is 9.49. The van der Waals surface area contributed by atoms with Crippen LogP contribution in [0.1, 0.15) is 77.0 Å². The van der Waals surface area contributed by atoms with E-state index in [4.69, 9.17) is 4.74 Å². The predicted molar refractivity (Wildman–Crippen MR) is 107 cm³/mol. The molecule has 0 unspecified atom stereocenters. The summed E-state index contributed by atoms with van der Waals surface area (Å²) in [6.45, 7) is 0.417. The van der Waals surface area contributed by atoms with Gasteiger partial charge in [-0.05, 0) is 82.0 Å². The zero-order valence-corrected chi connectivity index (χ0v) is 17.4. The van der Waals surface area contributed by atoms with Gasteiger partial charge in [-0.1, -0.05) is 12.8 Å². The second-order valence-electron chi connectivity index (χ2n) is 10.5. The Bertz CT molecular complexity index is 649. The normalized spacial score (nSPS) is 38.4. The summed E-state index contributed by atoms with van der Waals surface area (Å²) in [6.07, 6.45) is 12.7. The van der Waals surface area contributed by atoms with Gasteiger partial charge in [-0.25, -0.2) is 4.79 Å². The molecule has 6 rings (SSSR count). The molecule has 1 saturated heterocycles. The van der Waals surface area contributed by atoms with Crippen LogP contribution in [-0.2, 0) is 19.1 Å². The summed E-state index contributed by atoms with van der Waals surface area (Å²) in [5.74, 6) is 1.70. The predicted octanol–water partition coefficient (Wildman–Crippen LogP) is 2.80. The van der Waals surface area contributed by atoms with E-state index in [9.17, 15) is 14.4 Å². The summed E-state index contributed by atoms with van der Waals surface area (Å²) in [7, 11) is 0. The van der Waals surface area contributed by atoms with E-state index in [1.807, 2.05) is 4.90 Å². The number of nitrogens with one attached hydrogen (secondary N) is 1. The molecule has 0 aromatic rings. The van der Waals surface area contributed by atoms with Gasteiger partial charge in [0.1, 0.15) is 6.04 Å². The van der Waals surface area contributed by atoms with Gasteiger partial charge in [0, 0.05) is 12.6 Å². The molecule has 0 spiro atoms. The zero-order chi connectivity index (χ0) is 20.0. The Morgan fingerprint density at radius 1 is 0.897 bits per heavy atom. The lowest BCUT2D eigenvalue weighted by Gasteiger charge is -2.56. The van der Waals surface area contributed by atoms with Crippen molar-refractivity contribution < 1.29 is 19.1 Å². The van der Waals surface area contributed by atoms with Gasteiger partial charge in [0.05, 0.1) is 5.41 Å². The second-order valence-corrected chi connectivity index (χ2v) is 10.5. The van der Waals surface area contributed by atoms with E-state index in [2.05, 4.69) is 5.32 Å². The Kier molecular flexibility index (Phi) is 5.07. The number of nitrogens with zero attached hydrogens (tertiary/aromatic N) is 1. The molecule has 29 heavy (non-hydrogen) atoms. The van der Waals surface area contributed by atoms with Crippen LogP contribution in [0, 0.1) is 23.2 Å². The van der Waals surface area contributed by atoms with Crippen LogP contribution in [0.3, 0.4) is 0 Å². The van der Waals surface area contributed by atoms with Crippen LogP contribution in [0.25, 0.3) is 0 Å². The molecule has 6 fully saturated rings. The topological polar surface area (TPSA) is 75.7 Å². The minimum Gasteiger partial charge on any atom is -0.454 e. The molecule has 6 aliphatic rings. The van der Waals surface area contributed by atoms with Crippen LogP contribution in [0.15, 0.2) is 0 Å². The lowest BCUT2D eigenvalue weighted by Crippen LogP contribution is -2.56. The van der Waals surface area contributed by atoms with Gasteiger partial charge in [-0.2, -0.15) is 0 Å². The fourth-order valence-electron chi connectivity index (χ4n) is 7.50. The van der Waals surface area contributed by atoms with Gasteiger partial charge in [0.15, 0.2) is 6.61 Å². The van der Waals surface area contributed by atoms with Crippen molar-refractivity contribution >= 4 is 17.8 Å². The molecule has 2 amide bonds. The van der Waals surface area contributed by atoms with Crippen molar-refractivity contribution in [1.82, 2.24) is 10.2 Å². The van der Waals surface area contributed by atoms with Crippen molar-refractivity contribution in [1.29, 1.82) is 0 Å². The minimum absolute atomic E-state index is 0.200. The largest absolute Gasteiger partial charge is 0.454 e. The Morgan fingerprint density at radius 2 is 1.52 bits per heavy atom. The highest BCUT2D eigenvalue weighted by molar-refractivity contribution is 5.90. The Hall–Kier alpha value is -1.59. The first-order chi connectivity index (χ1) is 14.0. The molecule has 1 atom stereocenters. The number of carbonyl (C=O) groups excluding carboxylic acids is 3. The Morgan fingerprint density at radius 3 is 2.14 bits per heavy atom. The van der Waals surface area contributed by atoms with E-state index in [0.717, 1.165) is 51.4 Å². The number of amides is 2. The molecular weight excluding hydrogens is 368 g/mol. The van der Waals surface area contributed by atoms with Crippen LogP contribution >= 0.6 is 0 Å². The first-order valence-electron chi connectivity index (χ1n) is 11.8. The number of hydrogen-bond acceptors (Lipinski definition) is 4. The van der Waals surface area contributed by atoms with E-state index in [-0.39, 0.29) is 29.9 Å². The molecule has 5 aliphatic carbocycles. The summed E-state index contributed by atoms with van der Waals surface area (Å²) in [4.78, 5) is 40.3. The molecule has 0 aromatic carbocycles. The summed E-state index contributed by atoms with van der Waals surface area (Å²) >= 11 is 0. The van der Waals surface area contributed by atoms with E-state index in [0.29, 0.717) is 30.7 Å². The molecule has 4 bridgehead atoms. The minimum atomic E-state index is -0.505. The summed E-state index contributed by atoms with van der Waals surface area (Å²) in [6, 6.07) is -0.281. The monoisotopic (exact) mass is 402 g/mol. The maximum atomic E-state index is 13.6. The highest BCUT2D eigenvalue weighted by Gasteiger charge is 2.57. The molecule has 6 heteroatoms. The van der Waals surface area contributed by atoms with E-state index < -0.39 is 12.0 Å². The first kappa shape index (κ1) is 19.4. The SMILES string of the molecule is O=C(COC(=O)[C@H]1CCCN1C(=O)C12CC3CC(CC(C3)C1)C2)NC1CCCC1. The lowest BCUT2D eigenvalue weighted by molar-refractivity contribution is -0.166. The van der Waals surface area contributed by atoms with Crippen LogP contribution in [0.5, 0.6) is 0 Å². The summed E-state index contributed by atoms with van der Waals surface area (Å²) < 4.78 is 5.35. The molecule has 5 saturated carbocycles. The summed E-state index contributed by atoms with van der Waals surface area (Å²) in [5.41, 5.74) is -0.225. The van der Waals surface area contributed by atoms with Crippen molar-refractivity contribution in [3.63, 3.8) is 0 Å². The average Bonchev–Trinajstić information content (AvgIpc) is 3.36. The van der Waals surface area contributed by atoms with Crippen LogP contribution in [-0.4, -0.2) is 47.9 Å². The third kappa shape index (κ3) is 3.68. The van der Waals surface area contributed by atoms with Crippen molar-refractivity contribution in [2.45, 2.75) is 89.1 Å². The van der Waals surface area contributed by atoms with Crippen molar-refractivity contribution in [2.75, 3.05) is 13.2 Å². The number of hydrogen-bond donors (Lipinski definition) is 1. The number of ether oxygens (including phenoxy) is 1. The van der Waals surface area contributed by atoms with Crippen LogP contribution in [0.4, 0.5) is 0 Å². The van der Waals surface area contributed by atoms with Gasteiger partial charge in [-0.3, -0.25) is 9.59 Å². The van der Waals surface area contributed by atoms with Gasteiger partial charge in [0.2, 0.25) is 5.91 Å². The van der Waals surface area contributed by atoms with Gasteiger partial charge >= 0.3 is 5.97 Å². The molecule has 0 aromatic heterocycles. The zero-order valence-electron chi connectivity index (χ0n) is 17.4. The smallest absolute Gasteiger partial charge is 0.329 e. The van der Waals surface area contributed by atoms with Gasteiger partial charge in [0.25, 0.3) is 5.91 Å². The van der Waals surface area contributed by atoms with E-state index >= 15 is 0 Å². The molecular formula is C23H34N2O4. The number of likely N-dealkylation sites (tertiary alicyclic amines) is 1. The molecule has 1 heterocycles. The highest BCUT2D eigenvalue weighted by Crippen LogP contribution is 2.60. The third-order valence-corrected chi connectivity index (χ3v) is 8.34. The van der Waals surface area contributed by atoms with Crippen molar-refractivity contribution in [3.8, 4) is 0 Å². The number of rotatable bonds is 5. The number of carbonyl (C=O) groups is 3. The molecule has 6 nitrogen and oxygen atoms in total. The average molecular weight is 403 g/mol. The van der Waals surface area contributed by atoms with E-state index in [1.54, 1.807) is 0 Å². The Balaban J connectivity index is 1.19. The standard InChI is InChI=1S/C23H34N2O4/c26-20(24-18-4-1-2-5-18)14-29-21(27)19-6-3-7-25(19)22(28)23-11-15-8-16(12-23)10-17(9-15)13-23/h15-19H,1-14H2,(H,24,26)/t15?,16?,17?,19-,23?/m1/s1. The summed E-state index contributed by atoms with van der Waals surface area (Å²) in [5, 5.41) is 2.95. The molecule has 160 valence electrons. The van der Waals surface area contributed by atoms with Crippen molar-refractivity contribution in [3.05, 3.63) is 0 Å². The van der Waals surface area contributed by atoms with E-state index in [1.165, 1.54) is 19.3 Å². The Labute approximate surface area is 173 Å². The highest BCUT2D eigenvalue weighted by atomic mass is 16.5. The molecule has 1 aliphatic heterocycles. The molecule has 1 N–H and O–H groups in total.